The zero-order valence-electron chi connectivity index (χ0n) is 20.4. The number of benzene rings is 2. The van der Waals surface area contributed by atoms with E-state index in [2.05, 4.69) is 30.8 Å². The van der Waals surface area contributed by atoms with Crippen LogP contribution in [0.3, 0.4) is 0 Å². The number of nitrogens with zero attached hydrogens (tertiary/aromatic N) is 6. The molecule has 1 fully saturated rings. The number of non-ortho nitro benzene ring substituents is 1. The van der Waals surface area contributed by atoms with Crippen molar-refractivity contribution in [1.82, 2.24) is 15.0 Å². The van der Waals surface area contributed by atoms with Gasteiger partial charge >= 0.3 is 0 Å². The van der Waals surface area contributed by atoms with Gasteiger partial charge in [-0.1, -0.05) is 0 Å². The normalized spacial score (nSPS) is 13.4. The summed E-state index contributed by atoms with van der Waals surface area (Å²) in [5, 5.41) is 18.3. The largest absolute Gasteiger partial charge is 0.497 e. The first kappa shape index (κ1) is 24.6. The summed E-state index contributed by atoms with van der Waals surface area (Å²) in [6.07, 6.45) is 1.49. The number of methoxy groups -OCH3 is 1. The smallest absolute Gasteiger partial charge is 0.269 e. The minimum atomic E-state index is -0.445. The van der Waals surface area contributed by atoms with E-state index in [4.69, 9.17) is 13.9 Å². The minimum Gasteiger partial charge on any atom is -0.497 e. The van der Waals surface area contributed by atoms with E-state index in [1.165, 1.54) is 18.3 Å². The summed E-state index contributed by atoms with van der Waals surface area (Å²) in [7, 11) is 1.61. The SMILES string of the molecule is COc1ccc(Nc2nc(N/N=C\c3ccc(-c4ccc([N+](=O)[O-])cc4)o3)nc(N3CCOCC3)n2)cc1. The predicted octanol–water partition coefficient (Wildman–Crippen LogP) is 4.07. The van der Waals surface area contributed by atoms with Crippen LogP contribution in [0.2, 0.25) is 0 Å². The average Bonchev–Trinajstić information content (AvgIpc) is 3.43. The summed E-state index contributed by atoms with van der Waals surface area (Å²) >= 11 is 0. The number of ether oxygens (including phenoxy) is 2. The first-order valence-corrected chi connectivity index (χ1v) is 11.7. The van der Waals surface area contributed by atoms with Crippen molar-refractivity contribution < 1.29 is 18.8 Å². The number of aromatic nitrogens is 3. The Morgan fingerprint density at radius 2 is 1.74 bits per heavy atom. The zero-order valence-corrected chi connectivity index (χ0v) is 20.4. The van der Waals surface area contributed by atoms with E-state index in [0.29, 0.717) is 55.3 Å². The molecule has 0 bridgehead atoms. The van der Waals surface area contributed by atoms with Crippen molar-refractivity contribution in [2.45, 2.75) is 0 Å². The molecule has 3 heterocycles. The maximum atomic E-state index is 10.9. The van der Waals surface area contributed by atoms with Crippen LogP contribution >= 0.6 is 0 Å². The molecule has 0 radical (unpaired) electrons. The molecule has 0 atom stereocenters. The first-order valence-electron chi connectivity index (χ1n) is 11.7. The van der Waals surface area contributed by atoms with Gasteiger partial charge in [-0.2, -0.15) is 20.1 Å². The van der Waals surface area contributed by atoms with Crippen molar-refractivity contribution >= 4 is 35.4 Å². The number of morpholine rings is 1. The molecular weight excluding hydrogens is 492 g/mol. The van der Waals surface area contributed by atoms with Crippen molar-refractivity contribution in [3.8, 4) is 17.1 Å². The number of hydrogen-bond donors (Lipinski definition) is 2. The number of furan rings is 1. The molecule has 1 aliphatic heterocycles. The molecule has 0 spiro atoms. The van der Waals surface area contributed by atoms with Crippen LogP contribution in [0.1, 0.15) is 5.76 Å². The number of nitrogens with one attached hydrogen (secondary N) is 2. The van der Waals surface area contributed by atoms with Gasteiger partial charge in [0.2, 0.25) is 17.8 Å². The van der Waals surface area contributed by atoms with E-state index >= 15 is 0 Å². The van der Waals surface area contributed by atoms with Crippen LogP contribution in [-0.4, -0.2) is 59.5 Å². The van der Waals surface area contributed by atoms with Gasteiger partial charge in [-0.25, -0.2) is 5.43 Å². The Labute approximate surface area is 217 Å². The molecule has 38 heavy (non-hydrogen) atoms. The Hall–Kier alpha value is -5.04. The van der Waals surface area contributed by atoms with Gasteiger partial charge in [0, 0.05) is 36.5 Å². The Morgan fingerprint density at radius 1 is 1.00 bits per heavy atom. The van der Waals surface area contributed by atoms with Gasteiger partial charge in [-0.15, -0.1) is 0 Å². The second kappa shape index (κ2) is 11.3. The molecule has 13 nitrogen and oxygen atoms in total. The molecular formula is C25H24N8O5. The molecule has 0 amide bonds. The van der Waals surface area contributed by atoms with E-state index in [1.54, 1.807) is 31.4 Å². The highest BCUT2D eigenvalue weighted by molar-refractivity contribution is 5.78. The van der Waals surface area contributed by atoms with Gasteiger partial charge in [0.25, 0.3) is 5.69 Å². The van der Waals surface area contributed by atoms with Crippen molar-refractivity contribution in [3.05, 3.63) is 76.5 Å². The lowest BCUT2D eigenvalue weighted by Gasteiger charge is -2.27. The van der Waals surface area contributed by atoms with E-state index in [0.717, 1.165) is 11.4 Å². The monoisotopic (exact) mass is 516 g/mol. The summed E-state index contributed by atoms with van der Waals surface area (Å²) in [4.78, 5) is 26.0. The van der Waals surface area contributed by atoms with E-state index in [1.807, 2.05) is 29.2 Å². The highest BCUT2D eigenvalue weighted by Crippen LogP contribution is 2.24. The van der Waals surface area contributed by atoms with Crippen molar-refractivity contribution in [3.63, 3.8) is 0 Å². The fourth-order valence-electron chi connectivity index (χ4n) is 3.66. The van der Waals surface area contributed by atoms with Gasteiger partial charge in [0.1, 0.15) is 17.3 Å². The average molecular weight is 517 g/mol. The molecule has 13 heteroatoms. The van der Waals surface area contributed by atoms with Gasteiger partial charge < -0.3 is 24.1 Å². The third kappa shape index (κ3) is 6.02. The van der Waals surface area contributed by atoms with Crippen LogP contribution in [0.4, 0.5) is 29.2 Å². The lowest BCUT2D eigenvalue weighted by Crippen LogP contribution is -2.37. The summed E-state index contributed by atoms with van der Waals surface area (Å²) < 4.78 is 16.4. The molecule has 2 aromatic heterocycles. The highest BCUT2D eigenvalue weighted by atomic mass is 16.6. The van der Waals surface area contributed by atoms with Crippen molar-refractivity contribution in [2.24, 2.45) is 5.10 Å². The molecule has 2 aromatic carbocycles. The van der Waals surface area contributed by atoms with E-state index in [-0.39, 0.29) is 11.6 Å². The minimum absolute atomic E-state index is 0.0148. The van der Waals surface area contributed by atoms with Crippen LogP contribution in [0.15, 0.2) is 70.2 Å². The number of hydrazone groups is 1. The number of nitro benzene ring substituents is 1. The lowest BCUT2D eigenvalue weighted by atomic mass is 10.1. The van der Waals surface area contributed by atoms with Crippen LogP contribution in [0, 0.1) is 10.1 Å². The molecule has 5 rings (SSSR count). The Kier molecular flexibility index (Phi) is 7.36. The number of nitro groups is 1. The summed E-state index contributed by atoms with van der Waals surface area (Å²) in [6, 6.07) is 17.0. The molecule has 2 N–H and O–H groups in total. The predicted molar refractivity (Wildman–Crippen MR) is 141 cm³/mol. The molecule has 4 aromatic rings. The Morgan fingerprint density at radius 3 is 2.45 bits per heavy atom. The third-order valence-electron chi connectivity index (χ3n) is 5.61. The third-order valence-corrected chi connectivity index (χ3v) is 5.61. The second-order valence-corrected chi connectivity index (χ2v) is 8.11. The number of hydrogen-bond acceptors (Lipinski definition) is 12. The van der Waals surface area contributed by atoms with Gasteiger partial charge in [-0.3, -0.25) is 10.1 Å². The number of anilines is 4. The fraction of sp³-hybridized carbons (Fsp3) is 0.200. The van der Waals surface area contributed by atoms with Crippen molar-refractivity contribution in [2.75, 3.05) is 49.1 Å². The van der Waals surface area contributed by atoms with Gasteiger partial charge in [0.15, 0.2) is 0 Å². The molecule has 0 unspecified atom stereocenters. The summed E-state index contributed by atoms with van der Waals surface area (Å²) in [5.74, 6) is 2.87. The van der Waals surface area contributed by atoms with Gasteiger partial charge in [-0.05, 0) is 48.5 Å². The van der Waals surface area contributed by atoms with Gasteiger partial charge in [0.05, 0.1) is 31.5 Å². The molecule has 1 aliphatic rings. The zero-order chi connectivity index (χ0) is 26.3. The summed E-state index contributed by atoms with van der Waals surface area (Å²) in [6.45, 7) is 2.49. The topological polar surface area (TPSA) is 153 Å². The maximum absolute atomic E-state index is 10.9. The standard InChI is InChI=1S/C25H24N8O5/c1-36-20-8-4-18(5-9-20)27-23-28-24(30-25(29-23)32-12-14-37-15-13-32)31-26-16-21-10-11-22(38-21)17-2-6-19(7-3-17)33(34)35/h2-11,16H,12-15H2,1H3,(H2,27,28,29,30,31)/b26-16-. The Balaban J connectivity index is 1.31. The van der Waals surface area contributed by atoms with Crippen LogP contribution in [0.5, 0.6) is 5.75 Å². The molecule has 194 valence electrons. The second-order valence-electron chi connectivity index (χ2n) is 8.11. The van der Waals surface area contributed by atoms with Crippen molar-refractivity contribution in [1.29, 1.82) is 0 Å². The fourth-order valence-corrected chi connectivity index (χ4v) is 3.66. The highest BCUT2D eigenvalue weighted by Gasteiger charge is 2.17. The van der Waals surface area contributed by atoms with Crippen LogP contribution in [-0.2, 0) is 4.74 Å². The molecule has 1 saturated heterocycles. The Bertz CT molecular complexity index is 1420. The van der Waals surface area contributed by atoms with Crippen LogP contribution < -0.4 is 20.4 Å². The number of rotatable bonds is 9. The van der Waals surface area contributed by atoms with Crippen LogP contribution in [0.25, 0.3) is 11.3 Å². The molecule has 0 saturated carbocycles. The quantitative estimate of drug-likeness (QED) is 0.188. The summed E-state index contributed by atoms with van der Waals surface area (Å²) in [5.41, 5.74) is 4.35. The maximum Gasteiger partial charge on any atom is 0.269 e. The molecule has 0 aliphatic carbocycles. The van der Waals surface area contributed by atoms with E-state index < -0.39 is 4.92 Å². The first-order chi connectivity index (χ1) is 18.6. The lowest BCUT2D eigenvalue weighted by molar-refractivity contribution is -0.384. The van der Waals surface area contributed by atoms with E-state index in [9.17, 15) is 10.1 Å².